The lowest BCUT2D eigenvalue weighted by molar-refractivity contribution is -0.137. The second-order valence-corrected chi connectivity index (χ2v) is 6.61. The molecule has 3 rings (SSSR count). The summed E-state index contributed by atoms with van der Waals surface area (Å²) in [5, 5.41) is -0.162. The Kier molecular flexibility index (Phi) is 4.90. The van der Waals surface area contributed by atoms with E-state index in [0.717, 1.165) is 22.2 Å². The zero-order valence-electron chi connectivity index (χ0n) is 14.9. The molecule has 0 spiro atoms. The van der Waals surface area contributed by atoms with E-state index >= 15 is 0 Å². The van der Waals surface area contributed by atoms with Crippen molar-refractivity contribution in [3.05, 3.63) is 64.1 Å². The normalized spacial score (nSPS) is 11.8. The maximum absolute atomic E-state index is 13.2. The predicted octanol–water partition coefficient (Wildman–Crippen LogP) is 5.29. The van der Waals surface area contributed by atoms with Crippen LogP contribution in [0.4, 0.5) is 18.9 Å². The maximum atomic E-state index is 13.2. The SMILES string of the molecule is CCN(C(=O)c1c(C)nc2c(Cl)cc(C(F)(F)F)cn12)c1cccc(C)c1. The minimum atomic E-state index is -4.59. The van der Waals surface area contributed by atoms with Crippen LogP contribution in [0.25, 0.3) is 5.65 Å². The summed E-state index contributed by atoms with van der Waals surface area (Å²) in [4.78, 5) is 18.9. The van der Waals surface area contributed by atoms with Crippen molar-refractivity contribution in [2.24, 2.45) is 0 Å². The second kappa shape index (κ2) is 6.88. The number of benzene rings is 1. The molecule has 142 valence electrons. The Morgan fingerprint density at radius 1 is 1.26 bits per heavy atom. The maximum Gasteiger partial charge on any atom is 0.417 e. The molecule has 2 heterocycles. The van der Waals surface area contributed by atoms with E-state index in [9.17, 15) is 18.0 Å². The molecule has 0 aliphatic heterocycles. The van der Waals surface area contributed by atoms with E-state index in [1.165, 1.54) is 4.90 Å². The first-order chi connectivity index (χ1) is 12.6. The lowest BCUT2D eigenvalue weighted by Gasteiger charge is -2.22. The van der Waals surface area contributed by atoms with Gasteiger partial charge in [0.2, 0.25) is 0 Å². The van der Waals surface area contributed by atoms with Crippen LogP contribution >= 0.6 is 11.6 Å². The molecule has 0 bridgehead atoms. The monoisotopic (exact) mass is 395 g/mol. The van der Waals surface area contributed by atoms with Crippen LogP contribution in [0.2, 0.25) is 5.02 Å². The van der Waals surface area contributed by atoms with Crippen LogP contribution in [0.15, 0.2) is 36.5 Å². The van der Waals surface area contributed by atoms with Crippen LogP contribution in [0.3, 0.4) is 0 Å². The third-order valence-corrected chi connectivity index (χ3v) is 4.53. The fourth-order valence-corrected chi connectivity index (χ4v) is 3.25. The lowest BCUT2D eigenvalue weighted by Crippen LogP contribution is -2.32. The number of carbonyl (C=O) groups is 1. The van der Waals surface area contributed by atoms with E-state index in [1.807, 2.05) is 25.1 Å². The number of aromatic nitrogens is 2. The molecule has 0 aliphatic carbocycles. The molecule has 0 N–H and O–H groups in total. The molecule has 0 saturated carbocycles. The minimum absolute atomic E-state index is 0.0568. The number of hydrogen-bond donors (Lipinski definition) is 0. The molecular weight excluding hydrogens is 379 g/mol. The molecular formula is C19H17ClF3N3O. The van der Waals surface area contributed by atoms with Gasteiger partial charge in [0.25, 0.3) is 5.91 Å². The predicted molar refractivity (Wildman–Crippen MR) is 98.5 cm³/mol. The number of halogens is 4. The molecule has 0 radical (unpaired) electrons. The van der Waals surface area contributed by atoms with Gasteiger partial charge in [0.05, 0.1) is 16.3 Å². The number of hydrogen-bond acceptors (Lipinski definition) is 2. The Bertz CT molecular complexity index is 1030. The van der Waals surface area contributed by atoms with Crippen LogP contribution in [0, 0.1) is 13.8 Å². The van der Waals surface area contributed by atoms with Gasteiger partial charge in [-0.3, -0.25) is 9.20 Å². The molecule has 8 heteroatoms. The number of fused-ring (bicyclic) bond motifs is 1. The summed E-state index contributed by atoms with van der Waals surface area (Å²) >= 11 is 6.00. The summed E-state index contributed by atoms with van der Waals surface area (Å²) in [6.07, 6.45) is -3.73. The highest BCUT2D eigenvalue weighted by molar-refractivity contribution is 6.33. The summed E-state index contributed by atoms with van der Waals surface area (Å²) in [5.74, 6) is -0.441. The number of pyridine rings is 1. The fraction of sp³-hybridized carbons (Fsp3) is 0.263. The summed E-state index contributed by atoms with van der Waals surface area (Å²) in [7, 11) is 0. The molecule has 1 aromatic carbocycles. The number of alkyl halides is 3. The largest absolute Gasteiger partial charge is 0.417 e. The average molecular weight is 396 g/mol. The Labute approximate surface area is 159 Å². The van der Waals surface area contributed by atoms with E-state index in [1.54, 1.807) is 19.9 Å². The van der Waals surface area contributed by atoms with Gasteiger partial charge in [0.15, 0.2) is 5.65 Å². The van der Waals surface area contributed by atoms with Crippen LogP contribution in [-0.4, -0.2) is 21.8 Å². The van der Waals surface area contributed by atoms with Crippen molar-refractivity contribution in [1.82, 2.24) is 9.38 Å². The van der Waals surface area contributed by atoms with Gasteiger partial charge in [-0.1, -0.05) is 23.7 Å². The molecule has 2 aromatic heterocycles. The highest BCUT2D eigenvalue weighted by atomic mass is 35.5. The van der Waals surface area contributed by atoms with Crippen molar-refractivity contribution < 1.29 is 18.0 Å². The molecule has 4 nitrogen and oxygen atoms in total. The smallest absolute Gasteiger partial charge is 0.307 e. The van der Waals surface area contributed by atoms with E-state index in [4.69, 9.17) is 11.6 Å². The Morgan fingerprint density at radius 3 is 2.56 bits per heavy atom. The van der Waals surface area contributed by atoms with Crippen LogP contribution in [0.5, 0.6) is 0 Å². The zero-order valence-corrected chi connectivity index (χ0v) is 15.7. The van der Waals surface area contributed by atoms with Crippen LogP contribution < -0.4 is 4.90 Å². The van der Waals surface area contributed by atoms with Gasteiger partial charge >= 0.3 is 6.18 Å². The highest BCUT2D eigenvalue weighted by Crippen LogP contribution is 2.33. The Morgan fingerprint density at radius 2 is 1.96 bits per heavy atom. The topological polar surface area (TPSA) is 37.6 Å². The highest BCUT2D eigenvalue weighted by Gasteiger charge is 2.33. The quantitative estimate of drug-likeness (QED) is 0.604. The van der Waals surface area contributed by atoms with Gasteiger partial charge < -0.3 is 4.90 Å². The van der Waals surface area contributed by atoms with Gasteiger partial charge in [-0.05, 0) is 44.5 Å². The first-order valence-electron chi connectivity index (χ1n) is 8.27. The molecule has 1 amide bonds. The van der Waals surface area contributed by atoms with Crippen molar-refractivity contribution in [1.29, 1.82) is 0 Å². The molecule has 3 aromatic rings. The first-order valence-corrected chi connectivity index (χ1v) is 8.65. The second-order valence-electron chi connectivity index (χ2n) is 6.20. The van der Waals surface area contributed by atoms with E-state index in [2.05, 4.69) is 4.98 Å². The van der Waals surface area contributed by atoms with Gasteiger partial charge in [0, 0.05) is 18.4 Å². The van der Waals surface area contributed by atoms with Gasteiger partial charge in [-0.15, -0.1) is 0 Å². The van der Waals surface area contributed by atoms with Crippen LogP contribution in [-0.2, 0) is 6.18 Å². The molecule has 0 fully saturated rings. The standard InChI is InChI=1S/C19H17ClF3N3O/c1-4-25(14-7-5-6-11(2)8-14)18(27)16-12(3)24-17-15(20)9-13(10-26(16)17)19(21,22)23/h5-10H,4H2,1-3H3. The van der Waals surface area contributed by atoms with E-state index < -0.39 is 17.6 Å². The van der Waals surface area contributed by atoms with Crippen molar-refractivity contribution in [3.8, 4) is 0 Å². The lowest BCUT2D eigenvalue weighted by atomic mass is 10.2. The Balaban J connectivity index is 2.19. The molecule has 0 aliphatic rings. The van der Waals surface area contributed by atoms with Crippen molar-refractivity contribution in [2.75, 3.05) is 11.4 Å². The third kappa shape index (κ3) is 3.51. The van der Waals surface area contributed by atoms with Crippen molar-refractivity contribution >= 4 is 28.8 Å². The van der Waals surface area contributed by atoms with Gasteiger partial charge in [-0.2, -0.15) is 13.2 Å². The molecule has 27 heavy (non-hydrogen) atoms. The van der Waals surface area contributed by atoms with Crippen LogP contribution in [0.1, 0.15) is 34.2 Å². The van der Waals surface area contributed by atoms with E-state index in [0.29, 0.717) is 17.9 Å². The average Bonchev–Trinajstić information content (AvgIpc) is 2.91. The minimum Gasteiger partial charge on any atom is -0.307 e. The summed E-state index contributed by atoms with van der Waals surface area (Å²) < 4.78 is 40.7. The van der Waals surface area contributed by atoms with E-state index in [-0.39, 0.29) is 16.4 Å². The first kappa shape index (κ1) is 19.2. The van der Waals surface area contributed by atoms with Gasteiger partial charge in [-0.25, -0.2) is 4.98 Å². The zero-order chi connectivity index (χ0) is 19.9. The van der Waals surface area contributed by atoms with Crippen molar-refractivity contribution in [2.45, 2.75) is 26.9 Å². The molecule has 0 saturated heterocycles. The number of amides is 1. The number of anilines is 1. The molecule has 0 unspecified atom stereocenters. The number of rotatable bonds is 3. The van der Waals surface area contributed by atoms with Crippen molar-refractivity contribution in [3.63, 3.8) is 0 Å². The van der Waals surface area contributed by atoms with Gasteiger partial charge in [0.1, 0.15) is 5.69 Å². The number of aryl methyl sites for hydroxylation is 2. The summed E-state index contributed by atoms with van der Waals surface area (Å²) in [6, 6.07) is 8.15. The molecule has 0 atom stereocenters. The number of carbonyl (C=O) groups excluding carboxylic acids is 1. The summed E-state index contributed by atoms with van der Waals surface area (Å²) in [6.45, 7) is 5.62. The number of nitrogens with zero attached hydrogens (tertiary/aromatic N) is 3. The third-order valence-electron chi connectivity index (χ3n) is 4.25. The number of imidazole rings is 1. The summed E-state index contributed by atoms with van der Waals surface area (Å²) in [5.41, 5.74) is 1.18. The fourth-order valence-electron chi connectivity index (χ4n) is 3.00. The Hall–Kier alpha value is -2.54.